The summed E-state index contributed by atoms with van der Waals surface area (Å²) in [6.07, 6.45) is 1.45. The second-order valence-electron chi connectivity index (χ2n) is 6.75. The van der Waals surface area contributed by atoms with Crippen molar-refractivity contribution in [2.45, 2.75) is 82.5 Å². The first kappa shape index (κ1) is 23.8. The number of nitrogens with one attached hydrogen (secondary N) is 1. The summed E-state index contributed by atoms with van der Waals surface area (Å²) in [5.41, 5.74) is 0. The third kappa shape index (κ3) is 8.52. The van der Waals surface area contributed by atoms with Crippen molar-refractivity contribution in [3.05, 3.63) is 0 Å². The van der Waals surface area contributed by atoms with Crippen LogP contribution in [0.15, 0.2) is 0 Å². The smallest absolute Gasteiger partial charge is 0.305 e. The quantitative estimate of drug-likeness (QED) is 0.267. The summed E-state index contributed by atoms with van der Waals surface area (Å²) in [5, 5.41) is 31.9. The topological polar surface area (TPSA) is 135 Å². The maximum Gasteiger partial charge on any atom is 0.305 e. The van der Waals surface area contributed by atoms with Crippen molar-refractivity contribution in [1.82, 2.24) is 5.32 Å². The third-order valence-corrected chi connectivity index (χ3v) is 4.54. The fourth-order valence-corrected chi connectivity index (χ4v) is 2.99. The molecule has 0 aromatic carbocycles. The van der Waals surface area contributed by atoms with Crippen molar-refractivity contribution in [3.8, 4) is 0 Å². The highest BCUT2D eigenvalue weighted by Gasteiger charge is 2.45. The molecule has 9 nitrogen and oxygen atoms in total. The van der Waals surface area contributed by atoms with Gasteiger partial charge >= 0.3 is 5.97 Å². The summed E-state index contributed by atoms with van der Waals surface area (Å²) in [5.74, 6) is -0.559. The molecule has 9 heteroatoms. The molecule has 1 fully saturated rings. The molecule has 1 aliphatic rings. The summed E-state index contributed by atoms with van der Waals surface area (Å²) in [7, 11) is 1.39. The Morgan fingerprint density at radius 2 is 1.67 bits per heavy atom. The number of rotatable bonds is 12. The zero-order valence-electron chi connectivity index (χ0n) is 16.1. The third-order valence-electron chi connectivity index (χ3n) is 4.54. The normalized spacial score (nSPS) is 28.0. The monoisotopic (exact) mass is 391 g/mol. The average molecular weight is 391 g/mol. The standard InChI is InChI=1S/C18H33NO8/c1-12(21)19-15-17(24)16(23)13(11-20)27-18(15)26-10-8-6-4-3-5-7-9-14(22)25-2/h13,15-18,20,23-24H,3-11H2,1-2H3,(H,19,21)/t13-,15+,16-,17-,18+/m1/s1. The highest BCUT2D eigenvalue weighted by Crippen LogP contribution is 2.22. The number of esters is 1. The Labute approximate surface area is 160 Å². The van der Waals surface area contributed by atoms with Crippen LogP contribution < -0.4 is 5.32 Å². The lowest BCUT2D eigenvalue weighted by atomic mass is 9.97. The molecule has 0 aliphatic carbocycles. The lowest BCUT2D eigenvalue weighted by Gasteiger charge is -2.42. The maximum atomic E-state index is 11.3. The number of hydrogen-bond donors (Lipinski definition) is 4. The molecule has 0 unspecified atom stereocenters. The van der Waals surface area contributed by atoms with Crippen molar-refractivity contribution < 1.29 is 39.1 Å². The molecule has 1 amide bonds. The Hall–Kier alpha value is -1.26. The summed E-state index contributed by atoms with van der Waals surface area (Å²) < 4.78 is 15.7. The molecular weight excluding hydrogens is 358 g/mol. The van der Waals surface area contributed by atoms with Gasteiger partial charge in [0.1, 0.15) is 24.4 Å². The minimum absolute atomic E-state index is 0.182. The number of aliphatic hydroxyl groups is 3. The molecule has 0 aromatic rings. The molecule has 0 bridgehead atoms. The van der Waals surface area contributed by atoms with Crippen molar-refractivity contribution in [2.75, 3.05) is 20.3 Å². The number of hydrogen-bond acceptors (Lipinski definition) is 8. The predicted molar refractivity (Wildman–Crippen MR) is 95.7 cm³/mol. The van der Waals surface area contributed by atoms with Crippen LogP contribution in [0.3, 0.4) is 0 Å². The summed E-state index contributed by atoms with van der Waals surface area (Å²) in [6.45, 7) is 1.20. The zero-order valence-corrected chi connectivity index (χ0v) is 16.1. The Bertz CT molecular complexity index is 447. The van der Waals surface area contributed by atoms with E-state index in [0.29, 0.717) is 13.0 Å². The minimum atomic E-state index is -1.31. The van der Waals surface area contributed by atoms with Crippen LogP contribution in [0.4, 0.5) is 0 Å². The number of amides is 1. The number of carbonyl (C=O) groups excluding carboxylic acids is 2. The van der Waals surface area contributed by atoms with Crippen LogP contribution in [0.25, 0.3) is 0 Å². The molecule has 0 aromatic heterocycles. The highest BCUT2D eigenvalue weighted by molar-refractivity contribution is 5.73. The van der Waals surface area contributed by atoms with E-state index in [1.54, 1.807) is 0 Å². The van der Waals surface area contributed by atoms with Crippen molar-refractivity contribution in [3.63, 3.8) is 0 Å². The first-order valence-electron chi connectivity index (χ1n) is 9.48. The van der Waals surface area contributed by atoms with Crippen LogP contribution in [0.1, 0.15) is 51.9 Å². The van der Waals surface area contributed by atoms with E-state index in [-0.39, 0.29) is 11.9 Å². The van der Waals surface area contributed by atoms with E-state index in [4.69, 9.17) is 9.47 Å². The highest BCUT2D eigenvalue weighted by atomic mass is 16.7. The van der Waals surface area contributed by atoms with Gasteiger partial charge in [0.15, 0.2) is 6.29 Å². The molecule has 1 aliphatic heterocycles. The van der Waals surface area contributed by atoms with Gasteiger partial charge in [-0.3, -0.25) is 9.59 Å². The van der Waals surface area contributed by atoms with Crippen LogP contribution in [0.5, 0.6) is 0 Å². The maximum absolute atomic E-state index is 11.3. The molecule has 0 spiro atoms. The Kier molecular flexibility index (Phi) is 11.5. The number of aliphatic hydroxyl groups excluding tert-OH is 3. The fraction of sp³-hybridized carbons (Fsp3) is 0.889. The molecule has 1 heterocycles. The largest absolute Gasteiger partial charge is 0.469 e. The molecule has 1 rings (SSSR count). The van der Waals surface area contributed by atoms with Crippen molar-refractivity contribution >= 4 is 11.9 Å². The van der Waals surface area contributed by atoms with Crippen LogP contribution in [-0.2, 0) is 23.8 Å². The van der Waals surface area contributed by atoms with E-state index in [1.807, 2.05) is 0 Å². The van der Waals surface area contributed by atoms with Gasteiger partial charge in [-0.1, -0.05) is 25.7 Å². The van der Waals surface area contributed by atoms with Crippen molar-refractivity contribution in [1.29, 1.82) is 0 Å². The number of carbonyl (C=O) groups is 2. The van der Waals surface area contributed by atoms with Gasteiger partial charge in [0.25, 0.3) is 0 Å². The van der Waals surface area contributed by atoms with Gasteiger partial charge in [0.05, 0.1) is 13.7 Å². The van der Waals surface area contributed by atoms with Gasteiger partial charge in [-0.2, -0.15) is 0 Å². The van der Waals surface area contributed by atoms with Crippen LogP contribution >= 0.6 is 0 Å². The first-order valence-corrected chi connectivity index (χ1v) is 9.48. The zero-order chi connectivity index (χ0) is 20.2. The summed E-state index contributed by atoms with van der Waals surface area (Å²) >= 11 is 0. The van der Waals surface area contributed by atoms with Gasteiger partial charge in [-0.15, -0.1) is 0 Å². The summed E-state index contributed by atoms with van der Waals surface area (Å²) in [4.78, 5) is 22.3. The molecule has 5 atom stereocenters. The van der Waals surface area contributed by atoms with Crippen molar-refractivity contribution in [2.24, 2.45) is 0 Å². The van der Waals surface area contributed by atoms with Gasteiger partial charge < -0.3 is 34.8 Å². The molecule has 0 saturated carbocycles. The van der Waals surface area contributed by atoms with Gasteiger partial charge in [-0.05, 0) is 12.8 Å². The molecule has 0 radical (unpaired) electrons. The lowest BCUT2D eigenvalue weighted by Crippen LogP contribution is -2.64. The second kappa shape index (κ2) is 13.0. The molecule has 158 valence electrons. The van der Waals surface area contributed by atoms with Gasteiger partial charge in [0.2, 0.25) is 5.91 Å². The van der Waals surface area contributed by atoms with Gasteiger partial charge in [0, 0.05) is 20.0 Å². The second-order valence-corrected chi connectivity index (χ2v) is 6.75. The molecule has 1 saturated heterocycles. The Balaban J connectivity index is 2.27. The van der Waals surface area contributed by atoms with E-state index in [2.05, 4.69) is 10.1 Å². The Morgan fingerprint density at radius 3 is 2.26 bits per heavy atom. The Morgan fingerprint density at radius 1 is 1.04 bits per heavy atom. The SMILES string of the molecule is COC(=O)CCCCCCCCO[C@H]1O[C@H](CO)[C@@H](O)[C@H](O)[C@@H]1NC(C)=O. The van der Waals surface area contributed by atoms with Crippen LogP contribution in [0.2, 0.25) is 0 Å². The average Bonchev–Trinajstić information content (AvgIpc) is 2.65. The minimum Gasteiger partial charge on any atom is -0.469 e. The molecular formula is C18H33NO8. The lowest BCUT2D eigenvalue weighted by molar-refractivity contribution is -0.270. The van der Waals surface area contributed by atoms with E-state index in [9.17, 15) is 24.9 Å². The van der Waals surface area contributed by atoms with E-state index < -0.39 is 37.3 Å². The van der Waals surface area contributed by atoms with Gasteiger partial charge in [-0.25, -0.2) is 0 Å². The first-order chi connectivity index (χ1) is 12.9. The van der Waals surface area contributed by atoms with Crippen LogP contribution in [0, 0.1) is 0 Å². The predicted octanol–water partition coefficient (Wildman–Crippen LogP) is -0.150. The number of unbranched alkanes of at least 4 members (excludes halogenated alkanes) is 5. The molecule has 4 N–H and O–H groups in total. The van der Waals surface area contributed by atoms with E-state index in [1.165, 1.54) is 14.0 Å². The number of methoxy groups -OCH3 is 1. The molecule has 27 heavy (non-hydrogen) atoms. The number of ether oxygens (including phenoxy) is 3. The van der Waals surface area contributed by atoms with E-state index >= 15 is 0 Å². The fourth-order valence-electron chi connectivity index (χ4n) is 2.99. The summed E-state index contributed by atoms with van der Waals surface area (Å²) in [6, 6.07) is -0.904. The van der Waals surface area contributed by atoms with Crippen LogP contribution in [-0.4, -0.2) is 78.2 Å². The van der Waals surface area contributed by atoms with E-state index in [0.717, 1.165) is 38.5 Å².